The number of rotatable bonds is 7. The molecule has 1 aliphatic heterocycles. The van der Waals surface area contributed by atoms with E-state index >= 15 is 0 Å². The van der Waals surface area contributed by atoms with Crippen LogP contribution in [0.5, 0.6) is 0 Å². The number of hydrogen-bond donors (Lipinski definition) is 1. The van der Waals surface area contributed by atoms with E-state index in [0.29, 0.717) is 31.0 Å². The van der Waals surface area contributed by atoms with Gasteiger partial charge in [0.1, 0.15) is 0 Å². The van der Waals surface area contributed by atoms with Gasteiger partial charge in [0.2, 0.25) is 15.9 Å². The van der Waals surface area contributed by atoms with E-state index in [2.05, 4.69) is 23.3 Å². The Labute approximate surface area is 199 Å². The Morgan fingerprint density at radius 1 is 1.03 bits per heavy atom. The highest BCUT2D eigenvalue weighted by Crippen LogP contribution is 2.25. The molecule has 2 heterocycles. The van der Waals surface area contributed by atoms with E-state index in [1.165, 1.54) is 5.56 Å². The number of carbonyl (C=O) groups excluding carboxylic acids is 1. The number of carbonyl (C=O) groups is 1. The highest BCUT2D eigenvalue weighted by atomic mass is 32.2. The molecule has 1 saturated heterocycles. The van der Waals surface area contributed by atoms with Gasteiger partial charge in [-0.05, 0) is 61.7 Å². The van der Waals surface area contributed by atoms with E-state index in [9.17, 15) is 13.2 Å². The number of aryl methyl sites for hydroxylation is 1. The summed E-state index contributed by atoms with van der Waals surface area (Å²) in [6.07, 6.45) is 4.29. The number of hydrogen-bond acceptors (Lipinski definition) is 5. The standard InChI is InChI=1S/C25H29N3O3S2/c1-19-18-25(27-23-9-5-4-8-22(19)23)32-17-14-24(29)26-20-10-12-21(13-11-20)33(30,31)28-15-6-2-3-7-16-28/h4-5,8-13,18H,2-3,6-7,14-17H2,1H3,(H,26,29). The van der Waals surface area contributed by atoms with Crippen LogP contribution < -0.4 is 5.32 Å². The maximum Gasteiger partial charge on any atom is 0.243 e. The third-order valence-electron chi connectivity index (χ3n) is 5.82. The van der Waals surface area contributed by atoms with Crippen molar-refractivity contribution in [1.82, 2.24) is 9.29 Å². The van der Waals surface area contributed by atoms with E-state index in [1.54, 1.807) is 40.3 Å². The van der Waals surface area contributed by atoms with Gasteiger partial charge in [-0.1, -0.05) is 31.0 Å². The zero-order valence-electron chi connectivity index (χ0n) is 18.8. The molecule has 8 heteroatoms. The van der Waals surface area contributed by atoms with Crippen molar-refractivity contribution < 1.29 is 13.2 Å². The van der Waals surface area contributed by atoms with Gasteiger partial charge in [-0.25, -0.2) is 13.4 Å². The molecule has 4 rings (SSSR count). The van der Waals surface area contributed by atoms with E-state index < -0.39 is 10.0 Å². The van der Waals surface area contributed by atoms with Crippen molar-refractivity contribution in [3.63, 3.8) is 0 Å². The van der Waals surface area contributed by atoms with Gasteiger partial charge in [0.05, 0.1) is 15.4 Å². The number of amides is 1. The highest BCUT2D eigenvalue weighted by molar-refractivity contribution is 7.99. The molecular weight excluding hydrogens is 454 g/mol. The molecule has 1 fully saturated rings. The molecule has 0 spiro atoms. The average molecular weight is 484 g/mol. The van der Waals surface area contributed by atoms with Gasteiger partial charge in [-0.2, -0.15) is 4.31 Å². The first-order chi connectivity index (χ1) is 15.9. The number of para-hydroxylation sites is 1. The molecule has 0 saturated carbocycles. The van der Waals surface area contributed by atoms with Crippen molar-refractivity contribution in [3.8, 4) is 0 Å². The molecule has 0 atom stereocenters. The molecule has 1 aliphatic rings. The van der Waals surface area contributed by atoms with Crippen LogP contribution in [0.2, 0.25) is 0 Å². The van der Waals surface area contributed by atoms with Crippen molar-refractivity contribution >= 4 is 44.3 Å². The molecule has 2 aromatic carbocycles. The summed E-state index contributed by atoms with van der Waals surface area (Å²) in [7, 11) is -3.48. The maximum atomic E-state index is 12.9. The fourth-order valence-corrected chi connectivity index (χ4v) is 6.44. The van der Waals surface area contributed by atoms with Crippen molar-refractivity contribution in [2.45, 2.75) is 48.9 Å². The van der Waals surface area contributed by atoms with Crippen LogP contribution in [0, 0.1) is 6.92 Å². The summed E-state index contributed by atoms with van der Waals surface area (Å²) in [4.78, 5) is 17.3. The Morgan fingerprint density at radius 3 is 2.45 bits per heavy atom. The summed E-state index contributed by atoms with van der Waals surface area (Å²) < 4.78 is 27.3. The minimum Gasteiger partial charge on any atom is -0.326 e. The van der Waals surface area contributed by atoms with Crippen LogP contribution in [0.4, 0.5) is 5.69 Å². The number of benzene rings is 2. The molecule has 1 aromatic heterocycles. The van der Waals surface area contributed by atoms with Crippen LogP contribution in [0.15, 0.2) is 64.5 Å². The number of pyridine rings is 1. The smallest absolute Gasteiger partial charge is 0.243 e. The summed E-state index contributed by atoms with van der Waals surface area (Å²) in [5.74, 6) is 0.501. The van der Waals surface area contributed by atoms with E-state index in [4.69, 9.17) is 0 Å². The summed E-state index contributed by atoms with van der Waals surface area (Å²) >= 11 is 1.55. The first-order valence-corrected chi connectivity index (χ1v) is 13.8. The molecule has 0 radical (unpaired) electrons. The Bertz CT molecular complexity index is 1220. The zero-order valence-corrected chi connectivity index (χ0v) is 20.4. The lowest BCUT2D eigenvalue weighted by molar-refractivity contribution is -0.115. The molecule has 0 unspecified atom stereocenters. The lowest BCUT2D eigenvalue weighted by Crippen LogP contribution is -2.31. The molecule has 1 N–H and O–H groups in total. The molecule has 1 amide bonds. The number of sulfonamides is 1. The van der Waals surface area contributed by atoms with Gasteiger partial charge < -0.3 is 5.32 Å². The summed E-state index contributed by atoms with van der Waals surface area (Å²) in [6.45, 7) is 3.21. The first kappa shape index (κ1) is 23.7. The lowest BCUT2D eigenvalue weighted by atomic mass is 10.1. The van der Waals surface area contributed by atoms with Crippen LogP contribution in [-0.2, 0) is 14.8 Å². The van der Waals surface area contributed by atoms with E-state index in [0.717, 1.165) is 41.6 Å². The largest absolute Gasteiger partial charge is 0.326 e. The summed E-state index contributed by atoms with van der Waals surface area (Å²) in [5.41, 5.74) is 2.72. The topological polar surface area (TPSA) is 79.4 Å². The normalized spacial score (nSPS) is 15.3. The van der Waals surface area contributed by atoms with Crippen LogP contribution in [0.25, 0.3) is 10.9 Å². The van der Waals surface area contributed by atoms with Crippen molar-refractivity contribution in [2.75, 3.05) is 24.2 Å². The SMILES string of the molecule is Cc1cc(SCCC(=O)Nc2ccc(S(=O)(=O)N3CCCCCC3)cc2)nc2ccccc12. The second-order valence-electron chi connectivity index (χ2n) is 8.28. The molecule has 33 heavy (non-hydrogen) atoms. The van der Waals surface area contributed by atoms with Crippen LogP contribution in [0.1, 0.15) is 37.7 Å². The van der Waals surface area contributed by atoms with Crippen molar-refractivity contribution in [1.29, 1.82) is 0 Å². The number of thioether (sulfide) groups is 1. The molecule has 174 valence electrons. The Hall–Kier alpha value is -2.42. The number of nitrogens with one attached hydrogen (secondary N) is 1. The minimum atomic E-state index is -3.48. The van der Waals surface area contributed by atoms with Crippen LogP contribution in [0.3, 0.4) is 0 Å². The monoisotopic (exact) mass is 483 g/mol. The third kappa shape index (κ3) is 5.93. The Balaban J connectivity index is 1.31. The van der Waals surface area contributed by atoms with Crippen molar-refractivity contribution in [3.05, 3.63) is 60.2 Å². The minimum absolute atomic E-state index is 0.108. The lowest BCUT2D eigenvalue weighted by Gasteiger charge is -2.20. The second kappa shape index (κ2) is 10.7. The first-order valence-electron chi connectivity index (χ1n) is 11.3. The van der Waals surface area contributed by atoms with E-state index in [-0.39, 0.29) is 10.8 Å². The van der Waals surface area contributed by atoms with Gasteiger partial charge in [0.15, 0.2) is 0 Å². The predicted octanol–water partition coefficient (Wildman–Crippen LogP) is 5.23. The number of nitrogens with zero attached hydrogens (tertiary/aromatic N) is 2. The van der Waals surface area contributed by atoms with E-state index in [1.807, 2.05) is 24.3 Å². The quantitative estimate of drug-likeness (QED) is 0.466. The van der Waals surface area contributed by atoms with Gasteiger partial charge in [-0.3, -0.25) is 4.79 Å². The number of aromatic nitrogens is 1. The maximum absolute atomic E-state index is 12.9. The molecular formula is C25H29N3O3S2. The Kier molecular flexibility index (Phi) is 7.67. The molecule has 6 nitrogen and oxygen atoms in total. The Morgan fingerprint density at radius 2 is 1.73 bits per heavy atom. The molecule has 3 aromatic rings. The predicted molar refractivity (Wildman–Crippen MR) is 134 cm³/mol. The summed E-state index contributed by atoms with van der Waals surface area (Å²) in [6, 6.07) is 16.5. The number of anilines is 1. The third-order valence-corrected chi connectivity index (χ3v) is 8.65. The fraction of sp³-hybridized carbons (Fsp3) is 0.360. The van der Waals surface area contributed by atoms with Crippen LogP contribution in [-0.4, -0.2) is 42.5 Å². The zero-order chi connectivity index (χ0) is 23.3. The number of fused-ring (bicyclic) bond motifs is 1. The van der Waals surface area contributed by atoms with Crippen molar-refractivity contribution in [2.24, 2.45) is 0 Å². The van der Waals surface area contributed by atoms with Crippen LogP contribution >= 0.6 is 11.8 Å². The average Bonchev–Trinajstić information content (AvgIpc) is 3.10. The van der Waals surface area contributed by atoms with Gasteiger partial charge in [-0.15, -0.1) is 11.8 Å². The summed E-state index contributed by atoms with van der Waals surface area (Å²) in [5, 5.41) is 4.90. The van der Waals surface area contributed by atoms with Gasteiger partial charge >= 0.3 is 0 Å². The van der Waals surface area contributed by atoms with Gasteiger partial charge in [0, 0.05) is 36.3 Å². The molecule has 0 aliphatic carbocycles. The van der Waals surface area contributed by atoms with Gasteiger partial charge in [0.25, 0.3) is 0 Å². The molecule has 0 bridgehead atoms. The second-order valence-corrected chi connectivity index (χ2v) is 11.3. The fourth-order valence-electron chi connectivity index (χ4n) is 4.01. The highest BCUT2D eigenvalue weighted by Gasteiger charge is 2.25.